The molecular formula is C18H22BrN3O3S. The van der Waals surface area contributed by atoms with Crippen LogP contribution in [-0.2, 0) is 21.4 Å². The normalized spacial score (nSPS) is 17.4. The zero-order valence-electron chi connectivity index (χ0n) is 14.8. The first-order chi connectivity index (χ1) is 12.3. The van der Waals surface area contributed by atoms with Crippen molar-refractivity contribution in [1.29, 1.82) is 0 Å². The third kappa shape index (κ3) is 3.58. The molecule has 140 valence electrons. The summed E-state index contributed by atoms with van der Waals surface area (Å²) in [7, 11) is -2.26. The van der Waals surface area contributed by atoms with E-state index in [-0.39, 0.29) is 23.4 Å². The maximum atomic E-state index is 12.8. The molecule has 0 radical (unpaired) electrons. The first-order valence-electron chi connectivity index (χ1n) is 8.51. The van der Waals surface area contributed by atoms with E-state index >= 15 is 0 Å². The molecule has 0 saturated heterocycles. The van der Waals surface area contributed by atoms with Gasteiger partial charge >= 0.3 is 0 Å². The summed E-state index contributed by atoms with van der Waals surface area (Å²) < 4.78 is 29.5. The van der Waals surface area contributed by atoms with Crippen LogP contribution in [0.1, 0.15) is 25.1 Å². The topological polar surface area (TPSA) is 62.6 Å². The highest BCUT2D eigenvalue weighted by Gasteiger charge is 2.32. The average molecular weight is 440 g/mol. The standard InChI is InChI=1S/C18H22BrN3O3S/c1-3-16-17-5-4-10-21(17)11-12-22(16)18(23)13-20(2)26(24,25)15-8-6-14(19)7-9-15/h4-10,16H,3,11-13H2,1-2H3/t16-/m0/s1. The van der Waals surface area contributed by atoms with E-state index in [4.69, 9.17) is 0 Å². The van der Waals surface area contributed by atoms with Crippen LogP contribution in [0.15, 0.2) is 52.0 Å². The number of hydrogen-bond acceptors (Lipinski definition) is 3. The SMILES string of the molecule is CC[C@H]1c2cccn2CCN1C(=O)CN(C)S(=O)(=O)c1ccc(Br)cc1. The Morgan fingerprint density at radius 3 is 2.58 bits per heavy atom. The average Bonchev–Trinajstić information content (AvgIpc) is 3.09. The molecule has 0 spiro atoms. The highest BCUT2D eigenvalue weighted by atomic mass is 79.9. The van der Waals surface area contributed by atoms with Gasteiger partial charge in [-0.05, 0) is 42.8 Å². The van der Waals surface area contributed by atoms with Gasteiger partial charge < -0.3 is 9.47 Å². The summed E-state index contributed by atoms with van der Waals surface area (Å²) in [4.78, 5) is 14.8. The lowest BCUT2D eigenvalue weighted by Crippen LogP contribution is -2.46. The number of sulfonamides is 1. The minimum Gasteiger partial charge on any atom is -0.348 e. The zero-order chi connectivity index (χ0) is 18.9. The summed E-state index contributed by atoms with van der Waals surface area (Å²) in [6, 6.07) is 10.4. The number of carbonyl (C=O) groups is 1. The lowest BCUT2D eigenvalue weighted by atomic mass is 10.1. The largest absolute Gasteiger partial charge is 0.348 e. The van der Waals surface area contributed by atoms with Crippen LogP contribution < -0.4 is 0 Å². The lowest BCUT2D eigenvalue weighted by Gasteiger charge is -2.37. The van der Waals surface area contributed by atoms with Gasteiger partial charge in [0, 0.05) is 36.5 Å². The molecular weight excluding hydrogens is 418 g/mol. The molecule has 1 aliphatic heterocycles. The number of amides is 1. The van der Waals surface area contributed by atoms with Gasteiger partial charge in [0.2, 0.25) is 15.9 Å². The Hall–Kier alpha value is -1.64. The molecule has 0 fully saturated rings. The number of likely N-dealkylation sites (N-methyl/N-ethyl adjacent to an activating group) is 1. The number of carbonyl (C=O) groups excluding carboxylic acids is 1. The lowest BCUT2D eigenvalue weighted by molar-refractivity contribution is -0.134. The molecule has 6 nitrogen and oxygen atoms in total. The Balaban J connectivity index is 1.76. The van der Waals surface area contributed by atoms with Crippen LogP contribution in [0, 0.1) is 0 Å². The predicted octanol–water partition coefficient (Wildman–Crippen LogP) is 2.86. The molecule has 26 heavy (non-hydrogen) atoms. The Labute approximate surface area is 162 Å². The summed E-state index contributed by atoms with van der Waals surface area (Å²) in [5.41, 5.74) is 1.10. The highest BCUT2D eigenvalue weighted by molar-refractivity contribution is 9.10. The molecule has 1 atom stereocenters. The van der Waals surface area contributed by atoms with Crippen LogP contribution >= 0.6 is 15.9 Å². The van der Waals surface area contributed by atoms with Crippen molar-refractivity contribution in [2.45, 2.75) is 30.8 Å². The third-order valence-electron chi connectivity index (χ3n) is 4.75. The molecule has 0 aliphatic carbocycles. The van der Waals surface area contributed by atoms with Gasteiger partial charge in [0.05, 0.1) is 17.5 Å². The second-order valence-corrected chi connectivity index (χ2v) is 9.31. The van der Waals surface area contributed by atoms with E-state index in [2.05, 4.69) is 20.5 Å². The summed E-state index contributed by atoms with van der Waals surface area (Å²) in [6.45, 7) is 3.18. The molecule has 1 aromatic carbocycles. The molecule has 0 unspecified atom stereocenters. The number of hydrogen-bond donors (Lipinski definition) is 0. The second kappa shape index (κ2) is 7.54. The molecule has 8 heteroatoms. The van der Waals surface area contributed by atoms with Gasteiger partial charge in [-0.15, -0.1) is 0 Å². The molecule has 1 amide bonds. The number of benzene rings is 1. The van der Waals surface area contributed by atoms with E-state index in [0.29, 0.717) is 6.54 Å². The minimum absolute atomic E-state index is 0.0185. The Kier molecular flexibility index (Phi) is 5.55. The van der Waals surface area contributed by atoms with E-state index in [1.165, 1.54) is 19.2 Å². The fraction of sp³-hybridized carbons (Fsp3) is 0.389. The fourth-order valence-corrected chi connectivity index (χ4v) is 4.73. The molecule has 0 saturated carbocycles. The number of halogens is 1. The first kappa shape index (κ1) is 19.1. The van der Waals surface area contributed by atoms with E-state index in [0.717, 1.165) is 27.4 Å². The van der Waals surface area contributed by atoms with E-state index in [1.54, 1.807) is 17.0 Å². The van der Waals surface area contributed by atoms with Crippen molar-refractivity contribution in [2.24, 2.45) is 0 Å². The van der Waals surface area contributed by atoms with Crippen molar-refractivity contribution in [3.05, 3.63) is 52.8 Å². The second-order valence-electron chi connectivity index (χ2n) is 6.35. The van der Waals surface area contributed by atoms with Crippen LogP contribution in [0.5, 0.6) is 0 Å². The first-order valence-corrected chi connectivity index (χ1v) is 10.7. The zero-order valence-corrected chi connectivity index (χ0v) is 17.2. The summed E-state index contributed by atoms with van der Waals surface area (Å²) in [5, 5.41) is 0. The molecule has 2 aromatic rings. The highest BCUT2D eigenvalue weighted by Crippen LogP contribution is 2.29. The van der Waals surface area contributed by atoms with E-state index in [9.17, 15) is 13.2 Å². The van der Waals surface area contributed by atoms with Crippen LogP contribution in [0.25, 0.3) is 0 Å². The maximum Gasteiger partial charge on any atom is 0.243 e. The number of fused-ring (bicyclic) bond motifs is 1. The third-order valence-corrected chi connectivity index (χ3v) is 7.10. The monoisotopic (exact) mass is 439 g/mol. The van der Waals surface area contributed by atoms with Crippen LogP contribution in [0.3, 0.4) is 0 Å². The van der Waals surface area contributed by atoms with Gasteiger partial charge in [-0.1, -0.05) is 22.9 Å². The quantitative estimate of drug-likeness (QED) is 0.719. The number of rotatable bonds is 5. The van der Waals surface area contributed by atoms with E-state index in [1.807, 2.05) is 25.3 Å². The molecule has 1 aliphatic rings. The Morgan fingerprint density at radius 2 is 1.92 bits per heavy atom. The Bertz CT molecular complexity index is 893. The van der Waals surface area contributed by atoms with Crippen molar-refractivity contribution >= 4 is 31.9 Å². The van der Waals surface area contributed by atoms with Gasteiger partial charge in [0.25, 0.3) is 0 Å². The van der Waals surface area contributed by atoms with Gasteiger partial charge in [-0.2, -0.15) is 4.31 Å². The predicted molar refractivity (Wildman–Crippen MR) is 103 cm³/mol. The molecule has 2 heterocycles. The van der Waals surface area contributed by atoms with Gasteiger partial charge in [0.15, 0.2) is 0 Å². The number of nitrogens with zero attached hydrogens (tertiary/aromatic N) is 3. The molecule has 3 rings (SSSR count). The molecule has 1 aromatic heterocycles. The number of aromatic nitrogens is 1. The summed E-state index contributed by atoms with van der Waals surface area (Å²) >= 11 is 3.29. The maximum absolute atomic E-state index is 12.8. The minimum atomic E-state index is -3.70. The van der Waals surface area contributed by atoms with Gasteiger partial charge in [-0.3, -0.25) is 4.79 Å². The van der Waals surface area contributed by atoms with Crippen LogP contribution in [0.4, 0.5) is 0 Å². The van der Waals surface area contributed by atoms with Crippen molar-refractivity contribution in [2.75, 3.05) is 20.1 Å². The van der Waals surface area contributed by atoms with Gasteiger partial charge in [0.1, 0.15) is 0 Å². The Morgan fingerprint density at radius 1 is 1.23 bits per heavy atom. The summed E-state index contributed by atoms with van der Waals surface area (Å²) in [6.07, 6.45) is 2.81. The van der Waals surface area contributed by atoms with Crippen molar-refractivity contribution < 1.29 is 13.2 Å². The van der Waals surface area contributed by atoms with Crippen molar-refractivity contribution in [3.63, 3.8) is 0 Å². The smallest absolute Gasteiger partial charge is 0.243 e. The molecule has 0 bridgehead atoms. The van der Waals surface area contributed by atoms with Crippen LogP contribution in [-0.4, -0.2) is 48.2 Å². The van der Waals surface area contributed by atoms with Crippen molar-refractivity contribution in [3.8, 4) is 0 Å². The fourth-order valence-electron chi connectivity index (χ4n) is 3.35. The molecule has 0 N–H and O–H groups in total. The van der Waals surface area contributed by atoms with Crippen LogP contribution in [0.2, 0.25) is 0 Å². The summed E-state index contributed by atoms with van der Waals surface area (Å²) in [5.74, 6) is -0.174. The van der Waals surface area contributed by atoms with Crippen molar-refractivity contribution in [1.82, 2.24) is 13.8 Å². The van der Waals surface area contributed by atoms with E-state index < -0.39 is 10.0 Å². The van der Waals surface area contributed by atoms with Gasteiger partial charge in [-0.25, -0.2) is 8.42 Å².